The van der Waals surface area contributed by atoms with E-state index in [1.54, 1.807) is 15.9 Å². The molecule has 3 amide bonds. The van der Waals surface area contributed by atoms with Crippen LogP contribution in [0.4, 0.5) is 0 Å². The van der Waals surface area contributed by atoms with Crippen LogP contribution in [-0.2, 0) is 9.59 Å². The van der Waals surface area contributed by atoms with E-state index in [4.69, 9.17) is 5.73 Å². The van der Waals surface area contributed by atoms with E-state index in [-0.39, 0.29) is 48.1 Å². The second-order valence-electron chi connectivity index (χ2n) is 8.23. The molecular weight excluding hydrogens is 380 g/mol. The van der Waals surface area contributed by atoms with Crippen molar-refractivity contribution in [2.24, 2.45) is 11.1 Å². The number of hydrogen-bond donors (Lipinski definition) is 2. The summed E-state index contributed by atoms with van der Waals surface area (Å²) in [5.41, 5.74) is 7.08. The Labute approximate surface area is 171 Å². The molecule has 1 saturated heterocycles. The third-order valence-corrected chi connectivity index (χ3v) is 6.00. The number of nitrogens with one attached hydrogen (secondary N) is 1. The summed E-state index contributed by atoms with van der Waals surface area (Å²) in [5.74, 6) is -0.469. The molecule has 2 atom stereocenters. The highest BCUT2D eigenvalue weighted by atomic mass is 35.5. The van der Waals surface area contributed by atoms with Crippen molar-refractivity contribution in [2.45, 2.75) is 38.3 Å². The number of carbonyl (C=O) groups excluding carboxylic acids is 3. The van der Waals surface area contributed by atoms with Gasteiger partial charge in [0.25, 0.3) is 5.91 Å². The topological polar surface area (TPSA) is 95.7 Å². The van der Waals surface area contributed by atoms with Crippen molar-refractivity contribution in [3.05, 3.63) is 35.4 Å². The van der Waals surface area contributed by atoms with Crippen LogP contribution in [0.5, 0.6) is 0 Å². The van der Waals surface area contributed by atoms with E-state index in [1.165, 1.54) is 0 Å². The molecule has 0 bridgehead atoms. The average molecular weight is 407 g/mol. The van der Waals surface area contributed by atoms with Crippen LogP contribution in [0.1, 0.15) is 48.1 Å². The largest absolute Gasteiger partial charge is 0.345 e. The predicted molar refractivity (Wildman–Crippen MR) is 107 cm³/mol. The van der Waals surface area contributed by atoms with Gasteiger partial charge in [0.1, 0.15) is 6.04 Å². The molecule has 8 heteroatoms. The Balaban J connectivity index is 0.00000225. The maximum atomic E-state index is 12.9. The van der Waals surface area contributed by atoms with Gasteiger partial charge in [0.05, 0.1) is 6.54 Å². The SMILES string of the molecule is CC1(CN)CCN(C(=O)CNC(=O)C2c3ccccc3C(=O)N2C2CC2)C1.Cl. The molecule has 0 spiro atoms. The molecule has 2 unspecified atom stereocenters. The number of likely N-dealkylation sites (tertiary alicyclic amines) is 1. The third-order valence-electron chi connectivity index (χ3n) is 6.00. The minimum Gasteiger partial charge on any atom is -0.345 e. The molecule has 1 aromatic rings. The molecule has 152 valence electrons. The zero-order chi connectivity index (χ0) is 19.2. The van der Waals surface area contributed by atoms with E-state index < -0.39 is 6.04 Å². The summed E-state index contributed by atoms with van der Waals surface area (Å²) < 4.78 is 0. The van der Waals surface area contributed by atoms with E-state index in [0.29, 0.717) is 25.2 Å². The van der Waals surface area contributed by atoms with E-state index in [0.717, 1.165) is 24.8 Å². The Bertz CT molecular complexity index is 797. The number of amides is 3. The van der Waals surface area contributed by atoms with Crippen LogP contribution in [0.3, 0.4) is 0 Å². The van der Waals surface area contributed by atoms with Crippen LogP contribution in [-0.4, -0.2) is 59.7 Å². The van der Waals surface area contributed by atoms with Crippen molar-refractivity contribution in [3.8, 4) is 0 Å². The van der Waals surface area contributed by atoms with Gasteiger partial charge in [0, 0.05) is 24.7 Å². The minimum atomic E-state index is -0.637. The van der Waals surface area contributed by atoms with Gasteiger partial charge in [0.15, 0.2) is 0 Å². The van der Waals surface area contributed by atoms with Crippen LogP contribution in [0, 0.1) is 5.41 Å². The van der Waals surface area contributed by atoms with Gasteiger partial charge in [-0.3, -0.25) is 14.4 Å². The number of halogens is 1. The van der Waals surface area contributed by atoms with Crippen LogP contribution in [0.25, 0.3) is 0 Å². The highest BCUT2D eigenvalue weighted by Crippen LogP contribution is 2.41. The van der Waals surface area contributed by atoms with Gasteiger partial charge in [-0.25, -0.2) is 0 Å². The molecule has 4 rings (SSSR count). The summed E-state index contributed by atoms with van der Waals surface area (Å²) in [5, 5.41) is 2.77. The number of carbonyl (C=O) groups is 3. The smallest absolute Gasteiger partial charge is 0.255 e. The fourth-order valence-corrected chi connectivity index (χ4v) is 4.11. The summed E-state index contributed by atoms with van der Waals surface area (Å²) >= 11 is 0. The maximum Gasteiger partial charge on any atom is 0.255 e. The average Bonchev–Trinajstić information content (AvgIpc) is 3.37. The first kappa shape index (κ1) is 20.6. The zero-order valence-electron chi connectivity index (χ0n) is 16.0. The standard InChI is InChI=1S/C20H26N4O3.ClH/c1-20(11-21)8-9-23(12-20)16(25)10-22-18(26)17-14-4-2-3-5-15(14)19(27)24(17)13-6-7-13;/h2-5,13,17H,6-12,21H2,1H3,(H,22,26);1H. The fraction of sp³-hybridized carbons (Fsp3) is 0.550. The summed E-state index contributed by atoms with van der Waals surface area (Å²) in [6.07, 6.45) is 2.73. The molecule has 28 heavy (non-hydrogen) atoms. The van der Waals surface area contributed by atoms with Crippen LogP contribution in [0.15, 0.2) is 24.3 Å². The summed E-state index contributed by atoms with van der Waals surface area (Å²) in [6, 6.07) is 6.74. The molecule has 1 aromatic carbocycles. The van der Waals surface area contributed by atoms with E-state index >= 15 is 0 Å². The van der Waals surface area contributed by atoms with Crippen LogP contribution in [0.2, 0.25) is 0 Å². The number of hydrogen-bond acceptors (Lipinski definition) is 4. The van der Waals surface area contributed by atoms with E-state index in [1.807, 2.05) is 18.2 Å². The van der Waals surface area contributed by atoms with Crippen molar-refractivity contribution >= 4 is 30.1 Å². The normalized spacial score (nSPS) is 26.1. The molecule has 2 fully saturated rings. The molecule has 2 aliphatic heterocycles. The first-order valence-corrected chi connectivity index (χ1v) is 9.61. The lowest BCUT2D eigenvalue weighted by atomic mass is 9.90. The Hall–Kier alpha value is -2.12. The second kappa shape index (κ2) is 7.72. The first-order chi connectivity index (χ1) is 12.9. The Morgan fingerprint density at radius 2 is 2.00 bits per heavy atom. The van der Waals surface area contributed by atoms with Gasteiger partial charge in [-0.2, -0.15) is 0 Å². The van der Waals surface area contributed by atoms with Crippen molar-refractivity contribution < 1.29 is 14.4 Å². The number of fused-ring (bicyclic) bond motifs is 1. The Morgan fingerprint density at radius 1 is 1.29 bits per heavy atom. The number of benzene rings is 1. The molecule has 3 N–H and O–H groups in total. The van der Waals surface area contributed by atoms with Crippen LogP contribution < -0.4 is 11.1 Å². The molecule has 2 heterocycles. The van der Waals surface area contributed by atoms with E-state index in [9.17, 15) is 14.4 Å². The lowest BCUT2D eigenvalue weighted by Gasteiger charge is -2.25. The highest BCUT2D eigenvalue weighted by molar-refractivity contribution is 6.05. The minimum absolute atomic E-state index is 0. The first-order valence-electron chi connectivity index (χ1n) is 9.61. The molecule has 0 radical (unpaired) electrons. The molecule has 0 aromatic heterocycles. The predicted octanol–water partition coefficient (Wildman–Crippen LogP) is 1.08. The number of nitrogens with zero attached hydrogens (tertiary/aromatic N) is 2. The molecule has 1 saturated carbocycles. The van der Waals surface area contributed by atoms with Crippen molar-refractivity contribution in [1.29, 1.82) is 0 Å². The van der Waals surface area contributed by atoms with Crippen molar-refractivity contribution in [1.82, 2.24) is 15.1 Å². The lowest BCUT2D eigenvalue weighted by Crippen LogP contribution is -2.45. The fourth-order valence-electron chi connectivity index (χ4n) is 4.11. The second-order valence-corrected chi connectivity index (χ2v) is 8.23. The molecule has 3 aliphatic rings. The lowest BCUT2D eigenvalue weighted by molar-refractivity contribution is -0.133. The maximum absolute atomic E-state index is 12.9. The molecule has 7 nitrogen and oxygen atoms in total. The number of rotatable bonds is 5. The molecule has 1 aliphatic carbocycles. The zero-order valence-corrected chi connectivity index (χ0v) is 16.8. The third kappa shape index (κ3) is 3.61. The van der Waals surface area contributed by atoms with Gasteiger partial charge < -0.3 is 20.9 Å². The van der Waals surface area contributed by atoms with E-state index in [2.05, 4.69) is 12.2 Å². The van der Waals surface area contributed by atoms with Gasteiger partial charge in [-0.1, -0.05) is 25.1 Å². The van der Waals surface area contributed by atoms with Gasteiger partial charge >= 0.3 is 0 Å². The van der Waals surface area contributed by atoms with Gasteiger partial charge in [0.2, 0.25) is 11.8 Å². The van der Waals surface area contributed by atoms with Gasteiger partial charge in [-0.15, -0.1) is 12.4 Å². The quantitative estimate of drug-likeness (QED) is 0.764. The van der Waals surface area contributed by atoms with Crippen molar-refractivity contribution in [2.75, 3.05) is 26.2 Å². The number of nitrogens with two attached hydrogens (primary N) is 1. The monoisotopic (exact) mass is 406 g/mol. The van der Waals surface area contributed by atoms with Crippen LogP contribution >= 0.6 is 12.4 Å². The summed E-state index contributed by atoms with van der Waals surface area (Å²) in [4.78, 5) is 41.6. The Kier molecular flexibility index (Phi) is 5.68. The highest BCUT2D eigenvalue weighted by Gasteiger charge is 2.47. The summed E-state index contributed by atoms with van der Waals surface area (Å²) in [6.45, 7) is 3.86. The summed E-state index contributed by atoms with van der Waals surface area (Å²) in [7, 11) is 0. The molecular formula is C20H27ClN4O3. The Morgan fingerprint density at radius 3 is 2.64 bits per heavy atom. The van der Waals surface area contributed by atoms with Crippen molar-refractivity contribution in [3.63, 3.8) is 0 Å². The van der Waals surface area contributed by atoms with Gasteiger partial charge in [-0.05, 0) is 42.9 Å².